The van der Waals surface area contributed by atoms with Gasteiger partial charge in [-0.3, -0.25) is 9.59 Å². The molecule has 130 valence electrons. The Morgan fingerprint density at radius 1 is 1.20 bits per heavy atom. The molecular weight excluding hydrogens is 316 g/mol. The molecule has 2 aromatic carbocycles. The maximum absolute atomic E-state index is 12.3. The van der Waals surface area contributed by atoms with Crippen molar-refractivity contribution in [2.75, 3.05) is 18.5 Å². The average molecular weight is 338 g/mol. The predicted octanol–water partition coefficient (Wildman–Crippen LogP) is 2.79. The number of nitrogens with zero attached hydrogens (tertiary/aromatic N) is 1. The molecule has 25 heavy (non-hydrogen) atoms. The van der Waals surface area contributed by atoms with Gasteiger partial charge >= 0.3 is 0 Å². The van der Waals surface area contributed by atoms with E-state index >= 15 is 0 Å². The lowest BCUT2D eigenvalue weighted by Crippen LogP contribution is -2.42. The molecule has 5 nitrogen and oxygen atoms in total. The van der Waals surface area contributed by atoms with Crippen LogP contribution < -0.4 is 15.0 Å². The number of amides is 2. The van der Waals surface area contributed by atoms with Crippen molar-refractivity contribution in [1.82, 2.24) is 5.32 Å². The molecule has 5 heteroatoms. The standard InChI is InChI=1S/C20H22N2O3/c1-14-20(24)22(2)17-11-10-16(13-18(17)25-14)19(23)21-12-6-9-15-7-4-3-5-8-15/h3-5,7-8,10-11,13-14H,6,9,12H2,1-2H3,(H,21,23). The summed E-state index contributed by atoms with van der Waals surface area (Å²) in [6.45, 7) is 2.32. The van der Waals surface area contributed by atoms with E-state index in [2.05, 4.69) is 17.4 Å². The van der Waals surface area contributed by atoms with E-state index in [9.17, 15) is 9.59 Å². The second-order valence-electron chi connectivity index (χ2n) is 6.18. The van der Waals surface area contributed by atoms with Crippen molar-refractivity contribution in [3.63, 3.8) is 0 Å². The highest BCUT2D eigenvalue weighted by Crippen LogP contribution is 2.33. The number of hydrogen-bond donors (Lipinski definition) is 1. The summed E-state index contributed by atoms with van der Waals surface area (Å²) in [7, 11) is 1.71. The van der Waals surface area contributed by atoms with Crippen LogP contribution in [0.3, 0.4) is 0 Å². The number of benzene rings is 2. The number of carbonyl (C=O) groups excluding carboxylic acids is 2. The Hall–Kier alpha value is -2.82. The average Bonchev–Trinajstić information content (AvgIpc) is 2.63. The first-order valence-corrected chi connectivity index (χ1v) is 8.46. The minimum atomic E-state index is -0.540. The molecule has 0 aliphatic carbocycles. The van der Waals surface area contributed by atoms with E-state index in [-0.39, 0.29) is 11.8 Å². The maximum atomic E-state index is 12.3. The van der Waals surface area contributed by atoms with Crippen molar-refractivity contribution in [2.45, 2.75) is 25.9 Å². The van der Waals surface area contributed by atoms with Crippen LogP contribution in [0.2, 0.25) is 0 Å². The summed E-state index contributed by atoms with van der Waals surface area (Å²) in [5.41, 5.74) is 2.48. The zero-order valence-corrected chi connectivity index (χ0v) is 14.5. The molecule has 3 rings (SSSR count). The van der Waals surface area contributed by atoms with Gasteiger partial charge in [0.2, 0.25) is 0 Å². The fourth-order valence-electron chi connectivity index (χ4n) is 2.90. The second kappa shape index (κ2) is 7.38. The van der Waals surface area contributed by atoms with Crippen LogP contribution in [0.15, 0.2) is 48.5 Å². The molecule has 0 fully saturated rings. The van der Waals surface area contributed by atoms with Crippen LogP contribution in [0.4, 0.5) is 5.69 Å². The zero-order chi connectivity index (χ0) is 17.8. The molecule has 0 saturated carbocycles. The van der Waals surface area contributed by atoms with Gasteiger partial charge in [0.1, 0.15) is 5.75 Å². The normalized spacial score (nSPS) is 16.2. The summed E-state index contributed by atoms with van der Waals surface area (Å²) in [5, 5.41) is 2.93. The van der Waals surface area contributed by atoms with Crippen molar-refractivity contribution in [2.24, 2.45) is 0 Å². The minimum absolute atomic E-state index is 0.0920. The number of likely N-dealkylation sites (N-methyl/N-ethyl adjacent to an activating group) is 1. The lowest BCUT2D eigenvalue weighted by Gasteiger charge is -2.30. The van der Waals surface area contributed by atoms with Crippen LogP contribution in [-0.2, 0) is 11.2 Å². The Labute approximate surface area is 147 Å². The molecule has 0 aromatic heterocycles. The highest BCUT2D eigenvalue weighted by atomic mass is 16.5. The first-order chi connectivity index (χ1) is 12.1. The molecule has 0 spiro atoms. The van der Waals surface area contributed by atoms with Gasteiger partial charge in [0.15, 0.2) is 6.10 Å². The Morgan fingerprint density at radius 3 is 2.72 bits per heavy atom. The molecule has 1 heterocycles. The van der Waals surface area contributed by atoms with E-state index in [1.807, 2.05) is 18.2 Å². The number of ether oxygens (including phenoxy) is 1. The third kappa shape index (κ3) is 3.82. The van der Waals surface area contributed by atoms with Crippen molar-refractivity contribution in [1.29, 1.82) is 0 Å². The number of anilines is 1. The Balaban J connectivity index is 1.58. The van der Waals surface area contributed by atoms with Gasteiger partial charge in [0.25, 0.3) is 11.8 Å². The second-order valence-corrected chi connectivity index (χ2v) is 6.18. The quantitative estimate of drug-likeness (QED) is 0.853. The molecule has 0 saturated heterocycles. The highest BCUT2D eigenvalue weighted by Gasteiger charge is 2.29. The number of carbonyl (C=O) groups is 2. The predicted molar refractivity (Wildman–Crippen MR) is 97.0 cm³/mol. The van der Waals surface area contributed by atoms with Gasteiger partial charge < -0.3 is 15.0 Å². The number of aryl methyl sites for hydroxylation is 1. The summed E-state index contributed by atoms with van der Waals surface area (Å²) < 4.78 is 5.62. The topological polar surface area (TPSA) is 58.6 Å². The van der Waals surface area contributed by atoms with E-state index in [4.69, 9.17) is 4.74 Å². The minimum Gasteiger partial charge on any atom is -0.479 e. The Bertz CT molecular complexity index is 774. The summed E-state index contributed by atoms with van der Waals surface area (Å²) >= 11 is 0. The molecule has 1 unspecified atom stereocenters. The summed E-state index contributed by atoms with van der Waals surface area (Å²) in [6.07, 6.45) is 1.27. The Morgan fingerprint density at radius 2 is 1.96 bits per heavy atom. The van der Waals surface area contributed by atoms with E-state index in [1.165, 1.54) is 5.56 Å². The van der Waals surface area contributed by atoms with Crippen LogP contribution in [0.5, 0.6) is 5.75 Å². The third-order valence-corrected chi connectivity index (χ3v) is 4.34. The maximum Gasteiger partial charge on any atom is 0.267 e. The SMILES string of the molecule is CC1Oc2cc(C(=O)NCCCc3ccccc3)ccc2N(C)C1=O. The van der Waals surface area contributed by atoms with Crippen LogP contribution in [0.1, 0.15) is 29.3 Å². The molecule has 2 amide bonds. The van der Waals surface area contributed by atoms with Crippen LogP contribution in [-0.4, -0.2) is 31.5 Å². The van der Waals surface area contributed by atoms with E-state index in [0.717, 1.165) is 12.8 Å². The van der Waals surface area contributed by atoms with Crippen molar-refractivity contribution in [3.8, 4) is 5.75 Å². The van der Waals surface area contributed by atoms with Crippen LogP contribution >= 0.6 is 0 Å². The van der Waals surface area contributed by atoms with Crippen molar-refractivity contribution < 1.29 is 14.3 Å². The molecule has 1 aliphatic rings. The molecule has 0 bridgehead atoms. The number of rotatable bonds is 5. The third-order valence-electron chi connectivity index (χ3n) is 4.34. The smallest absolute Gasteiger partial charge is 0.267 e. The highest BCUT2D eigenvalue weighted by molar-refractivity contribution is 6.01. The van der Waals surface area contributed by atoms with E-state index < -0.39 is 6.10 Å². The lowest BCUT2D eigenvalue weighted by molar-refractivity contribution is -0.125. The first kappa shape index (κ1) is 17.0. The molecule has 2 aromatic rings. The van der Waals surface area contributed by atoms with Crippen molar-refractivity contribution in [3.05, 3.63) is 59.7 Å². The fourth-order valence-corrected chi connectivity index (χ4v) is 2.90. The molecule has 1 aliphatic heterocycles. The zero-order valence-electron chi connectivity index (χ0n) is 14.5. The molecule has 0 radical (unpaired) electrons. The van der Waals surface area contributed by atoms with Crippen molar-refractivity contribution >= 4 is 17.5 Å². The number of hydrogen-bond acceptors (Lipinski definition) is 3. The monoisotopic (exact) mass is 338 g/mol. The van der Waals surface area contributed by atoms with Gasteiger partial charge in [-0.25, -0.2) is 0 Å². The van der Waals surface area contributed by atoms with Crippen LogP contribution in [0.25, 0.3) is 0 Å². The first-order valence-electron chi connectivity index (χ1n) is 8.46. The molecular formula is C20H22N2O3. The largest absolute Gasteiger partial charge is 0.479 e. The lowest BCUT2D eigenvalue weighted by atomic mass is 10.1. The van der Waals surface area contributed by atoms with Gasteiger partial charge in [-0.1, -0.05) is 30.3 Å². The van der Waals surface area contributed by atoms with E-state index in [0.29, 0.717) is 23.5 Å². The van der Waals surface area contributed by atoms with Gasteiger partial charge in [0.05, 0.1) is 5.69 Å². The fraction of sp³-hybridized carbons (Fsp3) is 0.300. The van der Waals surface area contributed by atoms with Gasteiger partial charge in [-0.15, -0.1) is 0 Å². The summed E-state index contributed by atoms with van der Waals surface area (Å²) in [4.78, 5) is 25.8. The summed E-state index contributed by atoms with van der Waals surface area (Å²) in [5.74, 6) is 0.337. The summed E-state index contributed by atoms with van der Waals surface area (Å²) in [6, 6.07) is 15.4. The Kier molecular flexibility index (Phi) is 5.03. The number of nitrogens with one attached hydrogen (secondary N) is 1. The van der Waals surface area contributed by atoms with Crippen LogP contribution in [0, 0.1) is 0 Å². The van der Waals surface area contributed by atoms with Gasteiger partial charge in [0, 0.05) is 19.2 Å². The van der Waals surface area contributed by atoms with E-state index in [1.54, 1.807) is 37.1 Å². The number of fused-ring (bicyclic) bond motifs is 1. The molecule has 1 N–H and O–H groups in total. The molecule has 1 atom stereocenters. The van der Waals surface area contributed by atoms with Gasteiger partial charge in [-0.2, -0.15) is 0 Å². The van der Waals surface area contributed by atoms with Gasteiger partial charge in [-0.05, 0) is 43.5 Å².